The summed E-state index contributed by atoms with van der Waals surface area (Å²) in [6, 6.07) is 12.7. The van der Waals surface area contributed by atoms with E-state index in [2.05, 4.69) is 68.8 Å². The zero-order valence-corrected chi connectivity index (χ0v) is 19.7. The maximum atomic E-state index is 12.9. The molecule has 0 aliphatic carbocycles. The first kappa shape index (κ1) is 21.3. The van der Waals surface area contributed by atoms with Crippen molar-refractivity contribution < 1.29 is 4.79 Å². The molecule has 0 spiro atoms. The van der Waals surface area contributed by atoms with Crippen molar-refractivity contribution >= 4 is 33.3 Å². The first-order valence-electron chi connectivity index (χ1n) is 11.6. The molecule has 0 N–H and O–H groups in total. The number of benzene rings is 1. The average molecular weight is 450 g/mol. The molecule has 3 aromatic rings. The predicted molar refractivity (Wildman–Crippen MR) is 131 cm³/mol. The van der Waals surface area contributed by atoms with E-state index in [0.29, 0.717) is 18.4 Å². The average Bonchev–Trinajstić information content (AvgIpc) is 3.24. The van der Waals surface area contributed by atoms with Crippen LogP contribution in [-0.4, -0.2) is 71.5 Å². The van der Waals surface area contributed by atoms with Crippen molar-refractivity contribution in [3.8, 4) is 10.4 Å². The third-order valence-corrected chi connectivity index (χ3v) is 7.71. The van der Waals surface area contributed by atoms with Gasteiger partial charge in [0.05, 0.1) is 11.9 Å². The van der Waals surface area contributed by atoms with Crippen molar-refractivity contribution in [1.29, 1.82) is 0 Å². The van der Waals surface area contributed by atoms with E-state index in [9.17, 15) is 4.79 Å². The zero-order chi connectivity index (χ0) is 22.1. The molecule has 1 aromatic carbocycles. The van der Waals surface area contributed by atoms with Crippen LogP contribution in [0.15, 0.2) is 42.7 Å². The molecule has 2 aliphatic rings. The van der Waals surface area contributed by atoms with E-state index in [1.54, 1.807) is 17.7 Å². The summed E-state index contributed by atoms with van der Waals surface area (Å²) in [6.07, 6.45) is 2.90. The number of piperidine rings is 1. The molecule has 4 heterocycles. The Bertz CT molecular complexity index is 1070. The van der Waals surface area contributed by atoms with Crippen molar-refractivity contribution in [2.45, 2.75) is 20.3 Å². The number of likely N-dealkylation sites (tertiary alicyclic amines) is 1. The first-order valence-corrected chi connectivity index (χ1v) is 12.4. The highest BCUT2D eigenvalue weighted by Crippen LogP contribution is 2.36. The number of hydrogen-bond acceptors (Lipinski definition) is 6. The van der Waals surface area contributed by atoms with Crippen LogP contribution in [0.25, 0.3) is 20.7 Å². The summed E-state index contributed by atoms with van der Waals surface area (Å²) < 4.78 is 0. The van der Waals surface area contributed by atoms with Gasteiger partial charge in [0.15, 0.2) is 0 Å². The first-order chi connectivity index (χ1) is 15.6. The molecule has 0 radical (unpaired) electrons. The van der Waals surface area contributed by atoms with Gasteiger partial charge >= 0.3 is 0 Å². The van der Waals surface area contributed by atoms with Crippen LogP contribution in [0.4, 0.5) is 5.82 Å². The molecule has 5 rings (SSSR count). The molecule has 1 amide bonds. The van der Waals surface area contributed by atoms with Crippen LogP contribution in [0, 0.1) is 11.8 Å². The molecule has 0 bridgehead atoms. The van der Waals surface area contributed by atoms with Crippen molar-refractivity contribution in [1.82, 2.24) is 19.8 Å². The standard InChI is InChI=1S/C25H31N5OS/c1-18-12-19(2)15-30(14-18)23(31)16-28-8-10-29(11-9-28)24-21-13-22(20-6-4-3-5-7-20)32-25(21)27-17-26-24/h3-7,13,17-19H,8-12,14-16H2,1-2H3. The maximum Gasteiger partial charge on any atom is 0.236 e. The number of nitrogens with zero attached hydrogens (tertiary/aromatic N) is 5. The highest BCUT2D eigenvalue weighted by molar-refractivity contribution is 7.21. The molecular weight excluding hydrogens is 418 g/mol. The monoisotopic (exact) mass is 449 g/mol. The van der Waals surface area contributed by atoms with Gasteiger partial charge in [0.1, 0.15) is 17.0 Å². The highest BCUT2D eigenvalue weighted by atomic mass is 32.1. The quantitative estimate of drug-likeness (QED) is 0.603. The van der Waals surface area contributed by atoms with Gasteiger partial charge < -0.3 is 9.80 Å². The van der Waals surface area contributed by atoms with Crippen molar-refractivity contribution in [2.75, 3.05) is 50.7 Å². The second-order valence-electron chi connectivity index (χ2n) is 9.40. The van der Waals surface area contributed by atoms with E-state index < -0.39 is 0 Å². The number of carbonyl (C=O) groups is 1. The summed E-state index contributed by atoms with van der Waals surface area (Å²) in [4.78, 5) is 31.0. The number of piperazine rings is 1. The van der Waals surface area contributed by atoms with Crippen molar-refractivity contribution in [2.24, 2.45) is 11.8 Å². The zero-order valence-electron chi connectivity index (χ0n) is 18.9. The molecule has 32 heavy (non-hydrogen) atoms. The van der Waals surface area contributed by atoms with Gasteiger partial charge in [0.25, 0.3) is 0 Å². The van der Waals surface area contributed by atoms with E-state index in [4.69, 9.17) is 0 Å². The molecular formula is C25H31N5OS. The summed E-state index contributed by atoms with van der Waals surface area (Å²) >= 11 is 1.72. The Balaban J connectivity index is 1.24. The molecule has 0 saturated carbocycles. The van der Waals surface area contributed by atoms with E-state index >= 15 is 0 Å². The van der Waals surface area contributed by atoms with Gasteiger partial charge in [-0.05, 0) is 29.9 Å². The largest absolute Gasteiger partial charge is 0.353 e. The van der Waals surface area contributed by atoms with Crippen LogP contribution in [0.2, 0.25) is 0 Å². The molecule has 2 unspecified atom stereocenters. The molecule has 2 saturated heterocycles. The van der Waals surface area contributed by atoms with Gasteiger partial charge in [-0.1, -0.05) is 44.2 Å². The molecule has 2 aliphatic heterocycles. The van der Waals surface area contributed by atoms with Crippen LogP contribution in [0.3, 0.4) is 0 Å². The van der Waals surface area contributed by atoms with E-state index in [1.807, 2.05) is 6.07 Å². The lowest BCUT2D eigenvalue weighted by molar-refractivity contribution is -0.135. The Labute approximate surface area is 193 Å². The number of thiophene rings is 1. The van der Waals surface area contributed by atoms with E-state index in [0.717, 1.165) is 55.3 Å². The Kier molecular flexibility index (Phi) is 6.11. The van der Waals surface area contributed by atoms with Gasteiger partial charge in [0, 0.05) is 44.1 Å². The summed E-state index contributed by atoms with van der Waals surface area (Å²) in [5.74, 6) is 2.50. The molecule has 7 heteroatoms. The molecule has 2 aromatic heterocycles. The van der Waals surface area contributed by atoms with Gasteiger partial charge in [0.2, 0.25) is 5.91 Å². The van der Waals surface area contributed by atoms with Gasteiger partial charge in [-0.3, -0.25) is 9.69 Å². The summed E-state index contributed by atoms with van der Waals surface area (Å²) in [5.41, 5.74) is 1.21. The fourth-order valence-electron chi connectivity index (χ4n) is 5.12. The SMILES string of the molecule is CC1CC(C)CN(C(=O)CN2CCN(c3ncnc4sc(-c5ccccc5)cc34)CC2)C1. The second kappa shape index (κ2) is 9.16. The topological polar surface area (TPSA) is 52.6 Å². The smallest absolute Gasteiger partial charge is 0.236 e. The normalized spacial score (nSPS) is 22.4. The summed E-state index contributed by atoms with van der Waals surface area (Å²) in [5, 5.41) is 1.12. The minimum atomic E-state index is 0.284. The number of amides is 1. The summed E-state index contributed by atoms with van der Waals surface area (Å²) in [6.45, 7) is 10.4. The minimum Gasteiger partial charge on any atom is -0.353 e. The Hall–Kier alpha value is -2.51. The Morgan fingerprint density at radius 2 is 1.75 bits per heavy atom. The molecule has 6 nitrogen and oxygen atoms in total. The van der Waals surface area contributed by atoms with Crippen molar-refractivity contribution in [3.63, 3.8) is 0 Å². The lowest BCUT2D eigenvalue weighted by Gasteiger charge is -2.38. The highest BCUT2D eigenvalue weighted by Gasteiger charge is 2.28. The lowest BCUT2D eigenvalue weighted by Crippen LogP contribution is -2.52. The molecule has 2 atom stereocenters. The maximum absolute atomic E-state index is 12.9. The van der Waals surface area contributed by atoms with E-state index in [-0.39, 0.29) is 5.91 Å². The van der Waals surface area contributed by atoms with E-state index in [1.165, 1.54) is 16.9 Å². The van der Waals surface area contributed by atoms with Crippen LogP contribution in [0.5, 0.6) is 0 Å². The minimum absolute atomic E-state index is 0.284. The third-order valence-electron chi connectivity index (χ3n) is 6.62. The fraction of sp³-hybridized carbons (Fsp3) is 0.480. The van der Waals surface area contributed by atoms with Crippen molar-refractivity contribution in [3.05, 3.63) is 42.7 Å². The Morgan fingerprint density at radius 1 is 1.03 bits per heavy atom. The second-order valence-corrected chi connectivity index (χ2v) is 10.4. The van der Waals surface area contributed by atoms with Gasteiger partial charge in [-0.15, -0.1) is 11.3 Å². The van der Waals surface area contributed by atoms with Gasteiger partial charge in [-0.2, -0.15) is 0 Å². The number of fused-ring (bicyclic) bond motifs is 1. The number of carbonyl (C=O) groups excluding carboxylic acids is 1. The number of aromatic nitrogens is 2. The fourth-order valence-corrected chi connectivity index (χ4v) is 6.11. The number of hydrogen-bond donors (Lipinski definition) is 0. The lowest BCUT2D eigenvalue weighted by atomic mass is 9.92. The molecule has 168 valence electrons. The van der Waals surface area contributed by atoms with Crippen LogP contribution in [0.1, 0.15) is 20.3 Å². The number of rotatable bonds is 4. The number of anilines is 1. The summed E-state index contributed by atoms with van der Waals surface area (Å²) in [7, 11) is 0. The Morgan fingerprint density at radius 3 is 2.47 bits per heavy atom. The third kappa shape index (κ3) is 4.50. The molecule has 2 fully saturated rings. The van der Waals surface area contributed by atoms with Gasteiger partial charge in [-0.25, -0.2) is 9.97 Å². The van der Waals surface area contributed by atoms with Crippen LogP contribution in [-0.2, 0) is 4.79 Å². The van der Waals surface area contributed by atoms with Crippen LogP contribution < -0.4 is 4.90 Å². The predicted octanol–water partition coefficient (Wildman–Crippen LogP) is 3.98. The van der Waals surface area contributed by atoms with Crippen LogP contribution >= 0.6 is 11.3 Å².